The zero-order chi connectivity index (χ0) is 19.4. The molecule has 1 heterocycles. The average molecular weight is 369 g/mol. The first-order valence-corrected chi connectivity index (χ1v) is 8.94. The monoisotopic (exact) mass is 369 g/mol. The maximum absolute atomic E-state index is 12.5. The van der Waals surface area contributed by atoms with E-state index in [0.29, 0.717) is 12.2 Å². The maximum atomic E-state index is 12.5. The minimum Gasteiger partial charge on any atom is -0.496 e. The third kappa shape index (κ3) is 4.19. The van der Waals surface area contributed by atoms with Crippen molar-refractivity contribution in [2.45, 2.75) is 26.3 Å². The van der Waals surface area contributed by atoms with Gasteiger partial charge in [-0.2, -0.15) is 0 Å². The zero-order valence-electron chi connectivity index (χ0n) is 15.5. The summed E-state index contributed by atoms with van der Waals surface area (Å²) in [5, 5.41) is 14.3. The van der Waals surface area contributed by atoms with Gasteiger partial charge in [-0.05, 0) is 49.1 Å². The number of nitro groups is 1. The minimum atomic E-state index is -0.421. The van der Waals surface area contributed by atoms with Crippen molar-refractivity contribution in [3.05, 3.63) is 63.2 Å². The van der Waals surface area contributed by atoms with Crippen molar-refractivity contribution < 1.29 is 14.5 Å². The molecule has 1 saturated heterocycles. The predicted molar refractivity (Wildman–Crippen MR) is 103 cm³/mol. The van der Waals surface area contributed by atoms with Crippen LogP contribution in [0.1, 0.15) is 34.3 Å². The van der Waals surface area contributed by atoms with Crippen molar-refractivity contribution in [3.63, 3.8) is 0 Å². The number of nitrogens with zero attached hydrogens (tertiary/aromatic N) is 2. The lowest BCUT2D eigenvalue weighted by atomic mass is 10.1. The fraction of sp³-hybridized carbons (Fsp3) is 0.350. The van der Waals surface area contributed by atoms with E-state index in [-0.39, 0.29) is 17.2 Å². The van der Waals surface area contributed by atoms with E-state index in [2.05, 4.69) is 5.32 Å². The van der Waals surface area contributed by atoms with E-state index in [4.69, 9.17) is 4.74 Å². The minimum absolute atomic E-state index is 0.0263. The molecular formula is C20H23N3O4. The number of benzene rings is 2. The number of carbonyl (C=O) groups is 1. The van der Waals surface area contributed by atoms with E-state index in [1.807, 2.05) is 30.0 Å². The summed E-state index contributed by atoms with van der Waals surface area (Å²) in [7, 11) is 1.60. The summed E-state index contributed by atoms with van der Waals surface area (Å²) in [4.78, 5) is 25.5. The lowest BCUT2D eigenvalue weighted by Crippen LogP contribution is -2.24. The molecule has 7 nitrogen and oxygen atoms in total. The number of ether oxygens (including phenoxy) is 1. The van der Waals surface area contributed by atoms with Crippen molar-refractivity contribution in [1.82, 2.24) is 5.32 Å². The van der Waals surface area contributed by atoms with E-state index in [9.17, 15) is 14.9 Å². The molecule has 1 fully saturated rings. The Morgan fingerprint density at radius 3 is 2.63 bits per heavy atom. The highest BCUT2D eigenvalue weighted by molar-refractivity contribution is 5.95. The Kier molecular flexibility index (Phi) is 5.59. The first-order valence-electron chi connectivity index (χ1n) is 8.94. The largest absolute Gasteiger partial charge is 0.496 e. The lowest BCUT2D eigenvalue weighted by Gasteiger charge is -2.17. The summed E-state index contributed by atoms with van der Waals surface area (Å²) >= 11 is 0. The van der Waals surface area contributed by atoms with Crippen LogP contribution in [0, 0.1) is 17.0 Å². The molecule has 0 unspecified atom stereocenters. The molecular weight excluding hydrogens is 346 g/mol. The van der Waals surface area contributed by atoms with Crippen LogP contribution >= 0.6 is 0 Å². The van der Waals surface area contributed by atoms with E-state index >= 15 is 0 Å². The normalized spacial score (nSPS) is 13.5. The molecule has 2 aromatic rings. The molecule has 0 saturated carbocycles. The summed E-state index contributed by atoms with van der Waals surface area (Å²) in [5.74, 6) is 0.415. The Bertz CT molecular complexity index is 860. The van der Waals surface area contributed by atoms with Gasteiger partial charge in [-0.25, -0.2) is 0 Å². The molecule has 7 heteroatoms. The van der Waals surface area contributed by atoms with Crippen LogP contribution in [0.25, 0.3) is 0 Å². The average Bonchev–Trinajstić information content (AvgIpc) is 3.21. The molecule has 1 aliphatic rings. The van der Waals surface area contributed by atoms with Crippen molar-refractivity contribution in [2.24, 2.45) is 0 Å². The fourth-order valence-corrected chi connectivity index (χ4v) is 3.30. The Morgan fingerprint density at radius 2 is 1.96 bits per heavy atom. The molecule has 0 radical (unpaired) electrons. The molecule has 3 rings (SSSR count). The third-order valence-corrected chi connectivity index (χ3v) is 4.81. The number of hydrogen-bond acceptors (Lipinski definition) is 5. The summed E-state index contributed by atoms with van der Waals surface area (Å²) in [6.45, 7) is 3.88. The van der Waals surface area contributed by atoms with Crippen molar-refractivity contribution in [2.75, 3.05) is 25.1 Å². The topological polar surface area (TPSA) is 84.7 Å². The zero-order valence-corrected chi connectivity index (χ0v) is 15.5. The van der Waals surface area contributed by atoms with Gasteiger partial charge >= 0.3 is 0 Å². The molecule has 0 atom stereocenters. The molecule has 0 aromatic heterocycles. The Labute approximate surface area is 158 Å². The van der Waals surface area contributed by atoms with Crippen LogP contribution in [0.2, 0.25) is 0 Å². The summed E-state index contributed by atoms with van der Waals surface area (Å²) in [6, 6.07) is 10.4. The molecule has 0 aliphatic carbocycles. The Hall–Kier alpha value is -3.09. The predicted octanol–water partition coefficient (Wildman–Crippen LogP) is 3.44. The van der Waals surface area contributed by atoms with E-state index in [1.54, 1.807) is 19.2 Å². The smallest absolute Gasteiger partial charge is 0.293 e. The highest BCUT2D eigenvalue weighted by Crippen LogP contribution is 2.31. The lowest BCUT2D eigenvalue weighted by molar-refractivity contribution is -0.384. The van der Waals surface area contributed by atoms with Crippen LogP contribution in [0.4, 0.5) is 11.4 Å². The summed E-state index contributed by atoms with van der Waals surface area (Å²) < 4.78 is 5.29. The van der Waals surface area contributed by atoms with Crippen molar-refractivity contribution >= 4 is 17.3 Å². The first-order chi connectivity index (χ1) is 13.0. The molecule has 27 heavy (non-hydrogen) atoms. The second-order valence-corrected chi connectivity index (χ2v) is 6.64. The molecule has 1 aliphatic heterocycles. The third-order valence-electron chi connectivity index (χ3n) is 4.81. The number of amides is 1. The standard InChI is InChI=1S/C20H23N3O4/c1-14-5-6-15(11-19(14)27-2)13-21-20(24)16-7-8-17(18(12-16)23(25)26)22-9-3-4-10-22/h5-8,11-12H,3-4,9-10,13H2,1-2H3,(H,21,24). The highest BCUT2D eigenvalue weighted by atomic mass is 16.6. The number of aryl methyl sites for hydroxylation is 1. The molecule has 0 spiro atoms. The van der Waals surface area contributed by atoms with Gasteiger partial charge in [-0.3, -0.25) is 14.9 Å². The summed E-state index contributed by atoms with van der Waals surface area (Å²) in [6.07, 6.45) is 2.05. The van der Waals surface area contributed by atoms with Gasteiger partial charge in [0.2, 0.25) is 0 Å². The van der Waals surface area contributed by atoms with Crippen LogP contribution in [0.15, 0.2) is 36.4 Å². The quantitative estimate of drug-likeness (QED) is 0.623. The van der Waals surface area contributed by atoms with E-state index in [1.165, 1.54) is 6.07 Å². The van der Waals surface area contributed by atoms with Crippen LogP contribution in [0.3, 0.4) is 0 Å². The van der Waals surface area contributed by atoms with Crippen LogP contribution in [-0.4, -0.2) is 31.0 Å². The van der Waals surface area contributed by atoms with Gasteiger partial charge in [-0.1, -0.05) is 12.1 Å². The number of anilines is 1. The fourth-order valence-electron chi connectivity index (χ4n) is 3.30. The first kappa shape index (κ1) is 18.7. The number of carbonyl (C=O) groups excluding carboxylic acids is 1. The molecule has 142 valence electrons. The van der Waals surface area contributed by atoms with Gasteiger partial charge in [0.25, 0.3) is 11.6 Å². The molecule has 1 N–H and O–H groups in total. The highest BCUT2D eigenvalue weighted by Gasteiger charge is 2.23. The van der Waals surface area contributed by atoms with Gasteiger partial charge < -0.3 is 15.0 Å². The molecule has 0 bridgehead atoms. The van der Waals surface area contributed by atoms with E-state index in [0.717, 1.165) is 42.8 Å². The Morgan fingerprint density at radius 1 is 1.22 bits per heavy atom. The number of hydrogen-bond donors (Lipinski definition) is 1. The molecule has 2 aromatic carbocycles. The van der Waals surface area contributed by atoms with Gasteiger partial charge in [0, 0.05) is 31.3 Å². The van der Waals surface area contributed by atoms with Gasteiger partial charge in [-0.15, -0.1) is 0 Å². The second-order valence-electron chi connectivity index (χ2n) is 6.64. The maximum Gasteiger partial charge on any atom is 0.293 e. The van der Waals surface area contributed by atoms with Crippen molar-refractivity contribution in [3.8, 4) is 5.75 Å². The van der Waals surface area contributed by atoms with Gasteiger partial charge in [0.15, 0.2) is 0 Å². The van der Waals surface area contributed by atoms with Gasteiger partial charge in [0.05, 0.1) is 12.0 Å². The molecule has 1 amide bonds. The second kappa shape index (κ2) is 8.07. The van der Waals surface area contributed by atoms with Crippen LogP contribution < -0.4 is 15.0 Å². The van der Waals surface area contributed by atoms with Gasteiger partial charge in [0.1, 0.15) is 11.4 Å². The number of methoxy groups -OCH3 is 1. The van der Waals surface area contributed by atoms with Crippen LogP contribution in [0.5, 0.6) is 5.75 Å². The van der Waals surface area contributed by atoms with Crippen LogP contribution in [-0.2, 0) is 6.54 Å². The Balaban J connectivity index is 1.74. The summed E-state index contributed by atoms with van der Waals surface area (Å²) in [5.41, 5.74) is 2.75. The van der Waals surface area contributed by atoms with E-state index < -0.39 is 4.92 Å². The number of nitrogens with one attached hydrogen (secondary N) is 1. The van der Waals surface area contributed by atoms with Crippen molar-refractivity contribution in [1.29, 1.82) is 0 Å². The number of nitro benzene ring substituents is 1. The SMILES string of the molecule is COc1cc(CNC(=O)c2ccc(N3CCCC3)c([N+](=O)[O-])c2)ccc1C. The number of rotatable bonds is 6.